The molecule has 190 valence electrons. The van der Waals surface area contributed by atoms with Gasteiger partial charge < -0.3 is 15.6 Å². The maximum atomic E-state index is 13.6. The molecule has 1 heterocycles. The van der Waals surface area contributed by atoms with Crippen LogP contribution in [0.25, 0.3) is 0 Å². The highest BCUT2D eigenvalue weighted by Gasteiger charge is 2.52. The standard InChI is InChI=1S/C25H23F3N2O5S/c26-25(27,28)20-11-4-5-12-22(20)35-24(18-8-2-1-3-9-18)15-30(16-24)36(33,34)19-10-6-7-17(13-19)14-21(29)23(31)32/h1-13,21H,14-16,29H2,(H,31,32)/t21-/m0/s1. The predicted octanol–water partition coefficient (Wildman–Crippen LogP) is 3.64. The van der Waals surface area contributed by atoms with Crippen LogP contribution >= 0.6 is 0 Å². The van der Waals surface area contributed by atoms with E-state index in [4.69, 9.17) is 15.6 Å². The molecule has 0 saturated carbocycles. The van der Waals surface area contributed by atoms with Gasteiger partial charge in [0.1, 0.15) is 11.8 Å². The van der Waals surface area contributed by atoms with Crippen molar-refractivity contribution in [2.75, 3.05) is 13.1 Å². The van der Waals surface area contributed by atoms with Crippen molar-refractivity contribution in [3.05, 3.63) is 95.6 Å². The van der Waals surface area contributed by atoms with Crippen LogP contribution in [0.2, 0.25) is 0 Å². The van der Waals surface area contributed by atoms with E-state index in [1.165, 1.54) is 36.4 Å². The molecule has 0 aromatic heterocycles. The van der Waals surface area contributed by atoms with Crippen molar-refractivity contribution in [1.29, 1.82) is 0 Å². The van der Waals surface area contributed by atoms with Crippen molar-refractivity contribution in [2.24, 2.45) is 5.73 Å². The van der Waals surface area contributed by atoms with Crippen LogP contribution in [0.3, 0.4) is 0 Å². The Hall–Kier alpha value is -3.41. The van der Waals surface area contributed by atoms with E-state index in [0.29, 0.717) is 11.1 Å². The molecule has 1 atom stereocenters. The number of nitrogens with zero attached hydrogens (tertiary/aromatic N) is 1. The highest BCUT2D eigenvalue weighted by molar-refractivity contribution is 7.89. The Kier molecular flexibility index (Phi) is 6.82. The average Bonchev–Trinajstić information content (AvgIpc) is 2.81. The molecular weight excluding hydrogens is 497 g/mol. The first kappa shape index (κ1) is 25.7. The van der Waals surface area contributed by atoms with E-state index < -0.39 is 45.1 Å². The minimum Gasteiger partial charge on any atom is -0.480 e. The van der Waals surface area contributed by atoms with Crippen LogP contribution in [-0.4, -0.2) is 42.9 Å². The van der Waals surface area contributed by atoms with Gasteiger partial charge in [0.2, 0.25) is 10.0 Å². The van der Waals surface area contributed by atoms with Crippen LogP contribution in [0.5, 0.6) is 5.75 Å². The SMILES string of the molecule is N[C@@H](Cc1cccc(S(=O)(=O)N2CC(Oc3ccccc3C(F)(F)F)(c3ccccc3)C2)c1)C(=O)O. The number of hydrogen-bond acceptors (Lipinski definition) is 5. The summed E-state index contributed by atoms with van der Waals surface area (Å²) in [4.78, 5) is 11.0. The van der Waals surface area contributed by atoms with Crippen molar-refractivity contribution in [3.63, 3.8) is 0 Å². The van der Waals surface area contributed by atoms with E-state index in [9.17, 15) is 26.4 Å². The lowest BCUT2D eigenvalue weighted by Gasteiger charge is -2.49. The first-order valence-electron chi connectivity index (χ1n) is 10.9. The Bertz CT molecular complexity index is 1360. The first-order chi connectivity index (χ1) is 16.9. The van der Waals surface area contributed by atoms with Crippen molar-refractivity contribution >= 4 is 16.0 Å². The van der Waals surface area contributed by atoms with Crippen LogP contribution in [-0.2, 0) is 33.0 Å². The molecule has 0 bridgehead atoms. The topological polar surface area (TPSA) is 110 Å². The number of rotatable bonds is 8. The molecule has 1 saturated heterocycles. The van der Waals surface area contributed by atoms with Gasteiger partial charge in [-0.25, -0.2) is 8.42 Å². The van der Waals surface area contributed by atoms with Crippen LogP contribution in [0.1, 0.15) is 16.7 Å². The fraction of sp³-hybridized carbons (Fsp3) is 0.240. The van der Waals surface area contributed by atoms with Gasteiger partial charge in [-0.2, -0.15) is 17.5 Å². The number of benzene rings is 3. The van der Waals surface area contributed by atoms with Gasteiger partial charge >= 0.3 is 12.1 Å². The Morgan fingerprint density at radius 1 is 1.03 bits per heavy atom. The number of carboxylic acids is 1. The molecular formula is C25H23F3N2O5S. The second-order valence-electron chi connectivity index (χ2n) is 8.53. The zero-order chi connectivity index (χ0) is 26.1. The summed E-state index contributed by atoms with van der Waals surface area (Å²) in [7, 11) is -4.05. The molecule has 1 aliphatic heterocycles. The van der Waals surface area contributed by atoms with Gasteiger partial charge in [0.05, 0.1) is 23.5 Å². The number of halogens is 3. The minimum absolute atomic E-state index is 0.0655. The number of hydrogen-bond donors (Lipinski definition) is 2. The third kappa shape index (κ3) is 5.08. The van der Waals surface area contributed by atoms with Gasteiger partial charge in [0.25, 0.3) is 0 Å². The average molecular weight is 521 g/mol. The van der Waals surface area contributed by atoms with Crippen molar-refractivity contribution in [2.45, 2.75) is 29.1 Å². The van der Waals surface area contributed by atoms with Gasteiger partial charge in [0.15, 0.2) is 5.60 Å². The second kappa shape index (κ2) is 9.57. The second-order valence-corrected chi connectivity index (χ2v) is 10.5. The monoisotopic (exact) mass is 520 g/mol. The van der Waals surface area contributed by atoms with Crippen molar-refractivity contribution in [3.8, 4) is 5.75 Å². The molecule has 0 amide bonds. The molecule has 1 fully saturated rings. The highest BCUT2D eigenvalue weighted by atomic mass is 32.2. The maximum absolute atomic E-state index is 13.6. The third-order valence-corrected chi connectivity index (χ3v) is 7.76. The van der Waals surface area contributed by atoms with E-state index in [1.54, 1.807) is 36.4 Å². The Balaban J connectivity index is 1.64. The van der Waals surface area contributed by atoms with Gasteiger partial charge in [-0.1, -0.05) is 54.6 Å². The van der Waals surface area contributed by atoms with Crippen molar-refractivity contribution < 1.29 is 36.2 Å². The molecule has 3 N–H and O–H groups in total. The molecule has 36 heavy (non-hydrogen) atoms. The largest absolute Gasteiger partial charge is 0.480 e. The van der Waals surface area contributed by atoms with Gasteiger partial charge in [-0.05, 0) is 41.8 Å². The molecule has 0 unspecified atom stereocenters. The summed E-state index contributed by atoms with van der Waals surface area (Å²) < 4.78 is 74.5. The Morgan fingerprint density at radius 2 is 1.67 bits per heavy atom. The molecule has 7 nitrogen and oxygen atoms in total. The summed E-state index contributed by atoms with van der Waals surface area (Å²) in [6, 6.07) is 17.9. The Labute approximate surface area is 206 Å². The zero-order valence-electron chi connectivity index (χ0n) is 18.9. The van der Waals surface area contributed by atoms with Gasteiger partial charge in [-0.15, -0.1) is 0 Å². The summed E-state index contributed by atoms with van der Waals surface area (Å²) in [5, 5.41) is 9.03. The number of aliphatic carboxylic acids is 1. The zero-order valence-corrected chi connectivity index (χ0v) is 19.7. The fourth-order valence-electron chi connectivity index (χ4n) is 4.06. The van der Waals surface area contributed by atoms with E-state index in [-0.39, 0.29) is 24.4 Å². The minimum atomic E-state index is -4.65. The lowest BCUT2D eigenvalue weighted by Crippen LogP contribution is -2.64. The normalized spacial score (nSPS) is 16.7. The fourth-order valence-corrected chi connectivity index (χ4v) is 5.67. The molecule has 0 radical (unpaired) electrons. The van der Waals surface area contributed by atoms with Crippen LogP contribution in [0.15, 0.2) is 83.8 Å². The lowest BCUT2D eigenvalue weighted by molar-refractivity contribution is -0.142. The molecule has 4 rings (SSSR count). The first-order valence-corrected chi connectivity index (χ1v) is 12.3. The summed E-state index contributed by atoms with van der Waals surface area (Å²) >= 11 is 0. The number of carboxylic acid groups (broad SMARTS) is 1. The molecule has 0 aliphatic carbocycles. The molecule has 3 aromatic carbocycles. The summed E-state index contributed by atoms with van der Waals surface area (Å²) in [5.74, 6) is -1.61. The number of nitrogens with two attached hydrogens (primary N) is 1. The van der Waals surface area contributed by atoms with E-state index >= 15 is 0 Å². The number of alkyl halides is 3. The van der Waals surface area contributed by atoms with E-state index in [1.807, 2.05) is 0 Å². The number of carbonyl (C=O) groups is 1. The number of sulfonamides is 1. The predicted molar refractivity (Wildman–Crippen MR) is 125 cm³/mol. The molecule has 11 heteroatoms. The summed E-state index contributed by atoms with van der Waals surface area (Å²) in [5.41, 5.74) is 4.24. The summed E-state index contributed by atoms with van der Waals surface area (Å²) in [6.45, 7) is -0.436. The molecule has 0 spiro atoms. The van der Waals surface area contributed by atoms with Crippen LogP contribution in [0, 0.1) is 0 Å². The highest BCUT2D eigenvalue weighted by Crippen LogP contribution is 2.43. The Morgan fingerprint density at radius 3 is 2.31 bits per heavy atom. The third-order valence-electron chi connectivity index (χ3n) is 5.97. The number of ether oxygens (including phenoxy) is 1. The van der Waals surface area contributed by atoms with Crippen molar-refractivity contribution in [1.82, 2.24) is 4.31 Å². The molecule has 3 aromatic rings. The smallest absolute Gasteiger partial charge is 0.419 e. The summed E-state index contributed by atoms with van der Waals surface area (Å²) in [6.07, 6.45) is -4.72. The van der Waals surface area contributed by atoms with Crippen LogP contribution < -0.4 is 10.5 Å². The van der Waals surface area contributed by atoms with Gasteiger partial charge in [-0.3, -0.25) is 4.79 Å². The van der Waals surface area contributed by atoms with E-state index in [2.05, 4.69) is 0 Å². The molecule has 1 aliphatic rings. The lowest BCUT2D eigenvalue weighted by atomic mass is 9.87. The van der Waals surface area contributed by atoms with Gasteiger partial charge in [0, 0.05) is 0 Å². The van der Waals surface area contributed by atoms with Crippen LogP contribution in [0.4, 0.5) is 13.2 Å². The van der Waals surface area contributed by atoms with E-state index in [0.717, 1.165) is 10.4 Å². The quantitative estimate of drug-likeness (QED) is 0.469. The number of para-hydroxylation sites is 1. The maximum Gasteiger partial charge on any atom is 0.419 e.